The van der Waals surface area contributed by atoms with Gasteiger partial charge in [0.1, 0.15) is 0 Å². The van der Waals surface area contributed by atoms with Crippen LogP contribution in [0.25, 0.3) is 0 Å². The number of carbonyl (C=O) groups is 2. The molecule has 0 aromatic heterocycles. The zero-order valence-electron chi connectivity index (χ0n) is 12.8. The number of anilines is 2. The van der Waals surface area contributed by atoms with Gasteiger partial charge in [0.25, 0.3) is 5.91 Å². The molecule has 5 nitrogen and oxygen atoms in total. The molecular formula is C17H18N2O3. The molecular weight excluding hydrogens is 280 g/mol. The molecule has 0 spiro atoms. The number of carboxylic acids is 1. The number of benzene rings is 2. The highest BCUT2D eigenvalue weighted by Gasteiger charge is 2.09. The van der Waals surface area contributed by atoms with E-state index in [1.165, 1.54) is 12.1 Å². The van der Waals surface area contributed by atoms with Crippen molar-refractivity contribution in [3.8, 4) is 0 Å². The minimum absolute atomic E-state index is 0.184. The van der Waals surface area contributed by atoms with Crippen LogP contribution in [-0.4, -0.2) is 31.1 Å². The predicted octanol–water partition coefficient (Wildman–Crippen LogP) is 3.01. The molecule has 22 heavy (non-hydrogen) atoms. The second kappa shape index (κ2) is 6.30. The van der Waals surface area contributed by atoms with Crippen LogP contribution in [0.5, 0.6) is 0 Å². The highest BCUT2D eigenvalue weighted by atomic mass is 16.4. The van der Waals surface area contributed by atoms with E-state index in [0.29, 0.717) is 11.3 Å². The summed E-state index contributed by atoms with van der Waals surface area (Å²) in [6, 6.07) is 11.6. The Kier molecular flexibility index (Phi) is 4.46. The number of aryl methyl sites for hydroxylation is 1. The summed E-state index contributed by atoms with van der Waals surface area (Å²) in [4.78, 5) is 25.0. The lowest BCUT2D eigenvalue weighted by atomic mass is 10.1. The molecule has 1 amide bonds. The highest BCUT2D eigenvalue weighted by Crippen LogP contribution is 2.20. The van der Waals surface area contributed by atoms with Crippen molar-refractivity contribution in [1.82, 2.24) is 0 Å². The van der Waals surface area contributed by atoms with E-state index in [2.05, 4.69) is 5.32 Å². The minimum Gasteiger partial charge on any atom is -0.478 e. The van der Waals surface area contributed by atoms with E-state index in [1.807, 2.05) is 38.1 Å². The van der Waals surface area contributed by atoms with Crippen molar-refractivity contribution < 1.29 is 14.7 Å². The molecule has 114 valence electrons. The SMILES string of the molecule is Cc1cc(C(=O)Nc2ccc(C(=O)O)cc2)ccc1N(C)C. The van der Waals surface area contributed by atoms with Crippen LogP contribution in [-0.2, 0) is 0 Å². The first-order valence-corrected chi connectivity index (χ1v) is 6.81. The average Bonchev–Trinajstić information content (AvgIpc) is 2.47. The molecule has 2 N–H and O–H groups in total. The molecule has 2 aromatic carbocycles. The van der Waals surface area contributed by atoms with Gasteiger partial charge in [0.15, 0.2) is 0 Å². The number of amides is 1. The van der Waals surface area contributed by atoms with Gasteiger partial charge in [-0.1, -0.05) is 0 Å². The van der Waals surface area contributed by atoms with Crippen molar-refractivity contribution >= 4 is 23.3 Å². The minimum atomic E-state index is -0.993. The van der Waals surface area contributed by atoms with Gasteiger partial charge in [0.05, 0.1) is 5.56 Å². The first-order valence-electron chi connectivity index (χ1n) is 6.81. The van der Waals surface area contributed by atoms with E-state index in [1.54, 1.807) is 18.2 Å². The van der Waals surface area contributed by atoms with Gasteiger partial charge in [-0.15, -0.1) is 0 Å². The van der Waals surface area contributed by atoms with Gasteiger partial charge in [-0.2, -0.15) is 0 Å². The van der Waals surface area contributed by atoms with Crippen molar-refractivity contribution in [3.05, 3.63) is 59.2 Å². The summed E-state index contributed by atoms with van der Waals surface area (Å²) >= 11 is 0. The van der Waals surface area contributed by atoms with Crippen LogP contribution in [0.1, 0.15) is 26.3 Å². The summed E-state index contributed by atoms with van der Waals surface area (Å²) in [6.45, 7) is 1.95. The first kappa shape index (κ1) is 15.6. The van der Waals surface area contributed by atoms with Crippen LogP contribution in [0.2, 0.25) is 0 Å². The Bertz CT molecular complexity index is 706. The Balaban J connectivity index is 2.15. The molecule has 0 bridgehead atoms. The monoisotopic (exact) mass is 298 g/mol. The third kappa shape index (κ3) is 3.44. The Hall–Kier alpha value is -2.82. The molecule has 2 aromatic rings. The van der Waals surface area contributed by atoms with Crippen LogP contribution < -0.4 is 10.2 Å². The predicted molar refractivity (Wildman–Crippen MR) is 86.9 cm³/mol. The normalized spacial score (nSPS) is 10.1. The molecule has 0 aliphatic rings. The zero-order chi connectivity index (χ0) is 16.3. The van der Waals surface area contributed by atoms with Crippen LogP contribution in [0, 0.1) is 6.92 Å². The number of carboxylic acid groups (broad SMARTS) is 1. The lowest BCUT2D eigenvalue weighted by molar-refractivity contribution is 0.0696. The van der Waals surface area contributed by atoms with E-state index in [9.17, 15) is 9.59 Å². The fourth-order valence-corrected chi connectivity index (χ4v) is 2.20. The fraction of sp³-hybridized carbons (Fsp3) is 0.176. The topological polar surface area (TPSA) is 69.6 Å². The highest BCUT2D eigenvalue weighted by molar-refractivity contribution is 6.04. The van der Waals surface area contributed by atoms with Gasteiger partial charge >= 0.3 is 5.97 Å². The van der Waals surface area contributed by atoms with E-state index >= 15 is 0 Å². The van der Waals surface area contributed by atoms with Gasteiger partial charge in [-0.3, -0.25) is 4.79 Å². The van der Waals surface area contributed by atoms with Crippen LogP contribution in [0.15, 0.2) is 42.5 Å². The second-order valence-electron chi connectivity index (χ2n) is 5.23. The molecule has 0 radical (unpaired) electrons. The number of carbonyl (C=O) groups excluding carboxylic acids is 1. The molecule has 0 saturated heterocycles. The molecule has 0 fully saturated rings. The third-order valence-electron chi connectivity index (χ3n) is 3.33. The summed E-state index contributed by atoms with van der Waals surface area (Å²) in [5, 5.41) is 11.6. The molecule has 0 atom stereocenters. The van der Waals surface area contributed by atoms with Crippen molar-refractivity contribution in [2.75, 3.05) is 24.3 Å². The smallest absolute Gasteiger partial charge is 0.335 e. The number of hydrogen-bond donors (Lipinski definition) is 2. The van der Waals surface area contributed by atoms with Crippen LogP contribution in [0.3, 0.4) is 0 Å². The van der Waals surface area contributed by atoms with E-state index in [0.717, 1.165) is 11.3 Å². The Morgan fingerprint density at radius 2 is 1.59 bits per heavy atom. The molecule has 0 aliphatic carbocycles. The number of hydrogen-bond acceptors (Lipinski definition) is 3. The molecule has 0 unspecified atom stereocenters. The van der Waals surface area contributed by atoms with Gasteiger partial charge in [-0.05, 0) is 55.0 Å². The average molecular weight is 298 g/mol. The maximum Gasteiger partial charge on any atom is 0.335 e. The molecule has 0 heterocycles. The van der Waals surface area contributed by atoms with Gasteiger partial charge in [-0.25, -0.2) is 4.79 Å². The Morgan fingerprint density at radius 3 is 2.09 bits per heavy atom. The van der Waals surface area contributed by atoms with E-state index in [-0.39, 0.29) is 11.5 Å². The van der Waals surface area contributed by atoms with Gasteiger partial charge < -0.3 is 15.3 Å². The maximum absolute atomic E-state index is 12.2. The van der Waals surface area contributed by atoms with E-state index < -0.39 is 5.97 Å². The third-order valence-corrected chi connectivity index (χ3v) is 3.33. The molecule has 2 rings (SSSR count). The summed E-state index contributed by atoms with van der Waals surface area (Å²) < 4.78 is 0. The summed E-state index contributed by atoms with van der Waals surface area (Å²) in [7, 11) is 3.90. The van der Waals surface area contributed by atoms with Crippen molar-refractivity contribution in [2.24, 2.45) is 0 Å². The van der Waals surface area contributed by atoms with Gasteiger partial charge in [0, 0.05) is 31.0 Å². The summed E-state index contributed by atoms with van der Waals surface area (Å²) in [6.07, 6.45) is 0. The second-order valence-corrected chi connectivity index (χ2v) is 5.23. The summed E-state index contributed by atoms with van der Waals surface area (Å²) in [5.41, 5.74) is 3.38. The molecule has 0 saturated carbocycles. The Morgan fingerprint density at radius 1 is 1.00 bits per heavy atom. The van der Waals surface area contributed by atoms with Gasteiger partial charge in [0.2, 0.25) is 0 Å². The maximum atomic E-state index is 12.2. The quantitative estimate of drug-likeness (QED) is 0.910. The van der Waals surface area contributed by atoms with Crippen LogP contribution in [0.4, 0.5) is 11.4 Å². The lowest BCUT2D eigenvalue weighted by Crippen LogP contribution is -2.14. The lowest BCUT2D eigenvalue weighted by Gasteiger charge is -2.16. The van der Waals surface area contributed by atoms with Crippen molar-refractivity contribution in [2.45, 2.75) is 6.92 Å². The summed E-state index contributed by atoms with van der Waals surface area (Å²) in [5.74, 6) is -1.22. The van der Waals surface area contributed by atoms with Crippen molar-refractivity contribution in [3.63, 3.8) is 0 Å². The number of nitrogens with one attached hydrogen (secondary N) is 1. The van der Waals surface area contributed by atoms with Crippen LogP contribution >= 0.6 is 0 Å². The molecule has 5 heteroatoms. The number of rotatable bonds is 4. The van der Waals surface area contributed by atoms with E-state index in [4.69, 9.17) is 5.11 Å². The number of nitrogens with zero attached hydrogens (tertiary/aromatic N) is 1. The Labute approximate surface area is 129 Å². The molecule has 0 aliphatic heterocycles. The van der Waals surface area contributed by atoms with Crippen molar-refractivity contribution in [1.29, 1.82) is 0 Å². The number of aromatic carboxylic acids is 1. The zero-order valence-corrected chi connectivity index (χ0v) is 12.8. The first-order chi connectivity index (χ1) is 10.4. The largest absolute Gasteiger partial charge is 0.478 e. The fourth-order valence-electron chi connectivity index (χ4n) is 2.20. The standard InChI is InChI=1S/C17H18N2O3/c1-11-10-13(6-9-15(11)19(2)3)16(20)18-14-7-4-12(5-8-14)17(21)22/h4-10H,1-3H3,(H,18,20)(H,21,22).